The van der Waals surface area contributed by atoms with Crippen LogP contribution in [0.2, 0.25) is 0 Å². The fourth-order valence-electron chi connectivity index (χ4n) is 3.27. The van der Waals surface area contributed by atoms with Crippen LogP contribution in [0.1, 0.15) is 37.1 Å². The number of aliphatic imine (C=N–C) groups is 1. The highest BCUT2D eigenvalue weighted by molar-refractivity contribution is 5.99. The molecule has 1 heterocycles. The molecule has 3 rings (SSSR count). The molecule has 0 bridgehead atoms. The van der Waals surface area contributed by atoms with E-state index in [0.717, 1.165) is 25.0 Å². The van der Waals surface area contributed by atoms with Crippen LogP contribution >= 0.6 is 0 Å². The summed E-state index contributed by atoms with van der Waals surface area (Å²) >= 11 is 0. The van der Waals surface area contributed by atoms with E-state index in [1.54, 1.807) is 12.1 Å². The lowest BCUT2D eigenvalue weighted by Crippen LogP contribution is -2.20. The zero-order chi connectivity index (χ0) is 20.8. The maximum atomic E-state index is 13.1. The monoisotopic (exact) mass is 392 g/mol. The van der Waals surface area contributed by atoms with Crippen LogP contribution in [0.5, 0.6) is 0 Å². The van der Waals surface area contributed by atoms with Gasteiger partial charge in [0.1, 0.15) is 0 Å². The summed E-state index contributed by atoms with van der Waals surface area (Å²) in [6.07, 6.45) is 2.41. The Bertz CT molecular complexity index is 1060. The van der Waals surface area contributed by atoms with Gasteiger partial charge in [-0.3, -0.25) is 25.0 Å². The fraction of sp³-hybridized carbons (Fsp3) is 0.273. The van der Waals surface area contributed by atoms with E-state index in [2.05, 4.69) is 22.2 Å². The van der Waals surface area contributed by atoms with E-state index in [-0.39, 0.29) is 11.2 Å². The number of benzene rings is 2. The number of nitro benzene ring substituents is 1. The minimum absolute atomic E-state index is 0.0129. The number of nitrogens with one attached hydrogen (secondary N) is 1. The van der Waals surface area contributed by atoms with Crippen molar-refractivity contribution in [1.82, 2.24) is 9.78 Å². The van der Waals surface area contributed by atoms with Crippen molar-refractivity contribution in [3.63, 3.8) is 0 Å². The van der Waals surface area contributed by atoms with Crippen molar-refractivity contribution >= 4 is 11.4 Å². The molecule has 0 fully saturated rings. The molecule has 7 heteroatoms. The first-order valence-electron chi connectivity index (χ1n) is 9.65. The predicted molar refractivity (Wildman–Crippen MR) is 114 cm³/mol. The Balaban J connectivity index is 1.90. The van der Waals surface area contributed by atoms with Gasteiger partial charge in [0, 0.05) is 30.1 Å². The lowest BCUT2D eigenvalue weighted by molar-refractivity contribution is -0.384. The quantitative estimate of drug-likeness (QED) is 0.356. The lowest BCUT2D eigenvalue weighted by Gasteiger charge is -2.02. The summed E-state index contributed by atoms with van der Waals surface area (Å²) in [6, 6.07) is 16.0. The molecule has 0 unspecified atom stereocenters. The largest absolute Gasteiger partial charge is 0.294 e. The summed E-state index contributed by atoms with van der Waals surface area (Å²) in [4.78, 5) is 28.1. The van der Waals surface area contributed by atoms with Crippen molar-refractivity contribution in [2.24, 2.45) is 4.99 Å². The van der Waals surface area contributed by atoms with Gasteiger partial charge in [-0.1, -0.05) is 43.7 Å². The second-order valence-corrected chi connectivity index (χ2v) is 6.83. The molecule has 0 aliphatic carbocycles. The third-order valence-corrected chi connectivity index (χ3v) is 4.74. The molecule has 0 saturated heterocycles. The second-order valence-electron chi connectivity index (χ2n) is 6.83. The van der Waals surface area contributed by atoms with E-state index in [1.165, 1.54) is 22.4 Å². The van der Waals surface area contributed by atoms with Gasteiger partial charge in [0.25, 0.3) is 11.2 Å². The number of aromatic amines is 1. The molecule has 3 aromatic rings. The molecule has 2 aromatic carbocycles. The van der Waals surface area contributed by atoms with Gasteiger partial charge in [0.2, 0.25) is 0 Å². The molecule has 0 spiro atoms. The SMILES string of the molecule is CCCc1[nH]n(-c2ccc([N+](=O)[O-])cc2)c(=O)c1C(C)=NCCc1ccccc1. The molecule has 1 aromatic heterocycles. The molecule has 0 aliphatic rings. The van der Waals surface area contributed by atoms with Crippen LogP contribution in [-0.4, -0.2) is 27.0 Å². The number of H-pyrrole nitrogens is 1. The molecule has 0 aliphatic heterocycles. The van der Waals surface area contributed by atoms with Crippen LogP contribution in [-0.2, 0) is 12.8 Å². The molecule has 0 amide bonds. The first-order valence-corrected chi connectivity index (χ1v) is 9.65. The van der Waals surface area contributed by atoms with E-state index in [0.29, 0.717) is 23.5 Å². The Morgan fingerprint density at radius 1 is 1.10 bits per heavy atom. The summed E-state index contributed by atoms with van der Waals surface area (Å²) in [5, 5.41) is 14.0. The summed E-state index contributed by atoms with van der Waals surface area (Å²) in [5.74, 6) is 0. The van der Waals surface area contributed by atoms with Crippen LogP contribution in [0.25, 0.3) is 5.69 Å². The van der Waals surface area contributed by atoms with E-state index >= 15 is 0 Å². The number of hydrogen-bond donors (Lipinski definition) is 1. The van der Waals surface area contributed by atoms with Crippen molar-refractivity contribution < 1.29 is 4.92 Å². The molecule has 29 heavy (non-hydrogen) atoms. The second kappa shape index (κ2) is 9.14. The van der Waals surface area contributed by atoms with Crippen LogP contribution in [0.3, 0.4) is 0 Å². The Kier molecular flexibility index (Phi) is 6.39. The van der Waals surface area contributed by atoms with Crippen molar-refractivity contribution in [2.45, 2.75) is 33.1 Å². The topological polar surface area (TPSA) is 93.3 Å². The van der Waals surface area contributed by atoms with Crippen molar-refractivity contribution in [3.05, 3.63) is 91.9 Å². The zero-order valence-corrected chi connectivity index (χ0v) is 16.6. The van der Waals surface area contributed by atoms with Gasteiger partial charge in [0.05, 0.1) is 16.2 Å². The van der Waals surface area contributed by atoms with E-state index in [9.17, 15) is 14.9 Å². The van der Waals surface area contributed by atoms with Crippen LogP contribution < -0.4 is 5.56 Å². The van der Waals surface area contributed by atoms with E-state index in [1.807, 2.05) is 32.0 Å². The highest BCUT2D eigenvalue weighted by Gasteiger charge is 2.17. The van der Waals surface area contributed by atoms with Crippen LogP contribution in [0.4, 0.5) is 5.69 Å². The van der Waals surface area contributed by atoms with Crippen molar-refractivity contribution in [3.8, 4) is 5.69 Å². The molecular formula is C22H24N4O3. The number of nitro groups is 1. The average Bonchev–Trinajstić information content (AvgIpc) is 3.05. The van der Waals surface area contributed by atoms with Gasteiger partial charge in [-0.2, -0.15) is 0 Å². The Morgan fingerprint density at radius 2 is 1.79 bits per heavy atom. The van der Waals surface area contributed by atoms with E-state index < -0.39 is 4.92 Å². The summed E-state index contributed by atoms with van der Waals surface area (Å²) in [6.45, 7) is 4.51. The number of nitrogens with zero attached hydrogens (tertiary/aromatic N) is 3. The lowest BCUT2D eigenvalue weighted by atomic mass is 10.1. The van der Waals surface area contributed by atoms with Crippen molar-refractivity contribution in [1.29, 1.82) is 0 Å². The zero-order valence-electron chi connectivity index (χ0n) is 16.6. The normalized spacial score (nSPS) is 11.6. The number of rotatable bonds is 8. The van der Waals surface area contributed by atoms with Gasteiger partial charge in [0.15, 0.2) is 0 Å². The highest BCUT2D eigenvalue weighted by Crippen LogP contribution is 2.16. The smallest absolute Gasteiger partial charge is 0.280 e. The fourth-order valence-corrected chi connectivity index (χ4v) is 3.27. The van der Waals surface area contributed by atoms with Crippen LogP contribution in [0, 0.1) is 10.1 Å². The standard InChI is InChI=1S/C22H24N4O3/c1-3-7-20-21(16(2)23-15-14-17-8-5-4-6-9-17)22(27)25(24-20)18-10-12-19(13-11-18)26(28)29/h4-6,8-13,24H,3,7,14-15H2,1-2H3. The van der Waals surface area contributed by atoms with Crippen molar-refractivity contribution in [2.75, 3.05) is 6.54 Å². The highest BCUT2D eigenvalue weighted by atomic mass is 16.6. The van der Waals surface area contributed by atoms with Gasteiger partial charge in [-0.15, -0.1) is 0 Å². The Morgan fingerprint density at radius 3 is 2.41 bits per heavy atom. The van der Waals surface area contributed by atoms with Gasteiger partial charge >= 0.3 is 0 Å². The summed E-state index contributed by atoms with van der Waals surface area (Å²) in [7, 11) is 0. The molecule has 0 radical (unpaired) electrons. The predicted octanol–water partition coefficient (Wildman–Crippen LogP) is 4.08. The Labute approximate surface area is 168 Å². The maximum Gasteiger partial charge on any atom is 0.280 e. The average molecular weight is 392 g/mol. The van der Waals surface area contributed by atoms with Gasteiger partial charge in [-0.05, 0) is 37.5 Å². The molecule has 150 valence electrons. The first kappa shape index (κ1) is 20.3. The third-order valence-electron chi connectivity index (χ3n) is 4.74. The Hall–Kier alpha value is -3.48. The minimum Gasteiger partial charge on any atom is -0.294 e. The van der Waals surface area contributed by atoms with E-state index in [4.69, 9.17) is 0 Å². The number of aryl methyl sites for hydroxylation is 1. The maximum absolute atomic E-state index is 13.1. The minimum atomic E-state index is -0.460. The summed E-state index contributed by atoms with van der Waals surface area (Å²) < 4.78 is 1.43. The number of hydrogen-bond acceptors (Lipinski definition) is 4. The van der Waals surface area contributed by atoms with Gasteiger partial charge < -0.3 is 0 Å². The molecule has 0 atom stereocenters. The first-order chi connectivity index (χ1) is 14.0. The molecule has 7 nitrogen and oxygen atoms in total. The molecular weight excluding hydrogens is 368 g/mol. The molecule has 1 N–H and O–H groups in total. The number of non-ortho nitro benzene ring substituents is 1. The summed E-state index contributed by atoms with van der Waals surface area (Å²) in [5.41, 5.74) is 3.67. The third kappa shape index (κ3) is 4.68. The van der Waals surface area contributed by atoms with Gasteiger partial charge in [-0.25, -0.2) is 4.68 Å². The number of aromatic nitrogens is 2. The van der Waals surface area contributed by atoms with Crippen LogP contribution in [0.15, 0.2) is 64.4 Å². The molecule has 0 saturated carbocycles.